The van der Waals surface area contributed by atoms with Gasteiger partial charge in [-0.15, -0.1) is 0 Å². The molecule has 0 radical (unpaired) electrons. The van der Waals surface area contributed by atoms with E-state index >= 15 is 0 Å². The first-order chi connectivity index (χ1) is 30.7. The Balaban J connectivity index is 0.890. The molecular weight excluding hydrogens is 856 g/mol. The van der Waals surface area contributed by atoms with Crippen LogP contribution < -0.4 is 29.7 Å². The number of carbonyl (C=O) groups excluding carboxylic acids is 1. The molecule has 5 heterocycles. The Morgan fingerprint density at radius 1 is 1.05 bits per heavy atom. The van der Waals surface area contributed by atoms with Crippen molar-refractivity contribution >= 4 is 61.2 Å². The van der Waals surface area contributed by atoms with E-state index in [-0.39, 0.29) is 40.2 Å². The Morgan fingerprint density at radius 3 is 2.59 bits per heavy atom. The van der Waals surface area contributed by atoms with Gasteiger partial charge in [0.05, 0.1) is 27.1 Å². The minimum Gasteiger partial charge on any atom is -0.485 e. The smallest absolute Gasteiger partial charge is 0.297 e. The van der Waals surface area contributed by atoms with Crippen LogP contribution >= 0.6 is 11.6 Å². The van der Waals surface area contributed by atoms with Crippen LogP contribution in [0.25, 0.3) is 16.6 Å². The van der Waals surface area contributed by atoms with Crippen LogP contribution in [0.4, 0.5) is 17.1 Å². The number of fused-ring (bicyclic) bond motifs is 3. The number of allylic oxidation sites excluding steroid dienone is 1. The Labute approximate surface area is 376 Å². The molecular formula is C47H51ClN8O7S. The zero-order chi connectivity index (χ0) is 44.4. The minimum absolute atomic E-state index is 0.0443. The van der Waals surface area contributed by atoms with Gasteiger partial charge in [-0.3, -0.25) is 19.8 Å². The molecule has 1 unspecified atom stereocenters. The van der Waals surface area contributed by atoms with Crippen molar-refractivity contribution in [3.05, 3.63) is 111 Å². The van der Waals surface area contributed by atoms with Crippen LogP contribution in [0.5, 0.6) is 17.2 Å². The van der Waals surface area contributed by atoms with Gasteiger partial charge in [0.15, 0.2) is 11.4 Å². The van der Waals surface area contributed by atoms with Gasteiger partial charge in [0, 0.05) is 79.6 Å². The van der Waals surface area contributed by atoms with Gasteiger partial charge in [-0.1, -0.05) is 43.2 Å². The molecule has 3 aromatic carbocycles. The van der Waals surface area contributed by atoms with Gasteiger partial charge in [-0.05, 0) is 104 Å². The number of nitro groups is 1. The highest BCUT2D eigenvalue weighted by atomic mass is 35.5. The average Bonchev–Trinajstić information content (AvgIpc) is 3.82. The second-order valence-electron chi connectivity index (χ2n) is 18.6. The summed E-state index contributed by atoms with van der Waals surface area (Å²) < 4.78 is 42.7. The monoisotopic (exact) mass is 906 g/mol. The third-order valence-corrected chi connectivity index (χ3v) is 15.3. The molecule has 1 amide bonds. The lowest BCUT2D eigenvalue weighted by Crippen LogP contribution is -2.47. The Bertz CT molecular complexity index is 2800. The molecule has 5 aliphatic rings. The van der Waals surface area contributed by atoms with Crippen LogP contribution in [0.1, 0.15) is 68.3 Å². The number of carbonyl (C=O) groups is 1. The van der Waals surface area contributed by atoms with E-state index in [2.05, 4.69) is 61.1 Å². The number of nitrogens with zero attached hydrogens (tertiary/aromatic N) is 4. The lowest BCUT2D eigenvalue weighted by Gasteiger charge is -2.39. The number of H-pyrrole nitrogens is 1. The van der Waals surface area contributed by atoms with E-state index in [0.29, 0.717) is 17.8 Å². The van der Waals surface area contributed by atoms with E-state index in [4.69, 9.17) is 21.1 Å². The summed E-state index contributed by atoms with van der Waals surface area (Å²) in [6.07, 6.45) is 8.70. The maximum atomic E-state index is 14.1. The molecule has 64 heavy (non-hydrogen) atoms. The molecule has 15 nitrogen and oxygen atoms in total. The zero-order valence-electron chi connectivity index (χ0n) is 35.8. The molecule has 0 spiro atoms. The number of benzene rings is 3. The van der Waals surface area contributed by atoms with E-state index in [1.54, 1.807) is 30.5 Å². The van der Waals surface area contributed by atoms with Crippen LogP contribution in [0, 0.1) is 21.4 Å². The van der Waals surface area contributed by atoms with Crippen LogP contribution in [-0.2, 0) is 10.0 Å². The lowest BCUT2D eigenvalue weighted by atomic mass is 9.72. The standard InChI is InChI=1S/C47H51ClN8O7S/c1-46(2)13-9-31(38(25-46)29-3-5-33(48)6-4-29)28-54-17-19-55(20-18-54)34-7-8-37(40(22-34)62-35-21-30-10-16-50-44(30)51-27-35)45(57)53-64(60,61)36-23-39(56(58)59)43-41(24-36)63-42-26-47(42,52-43)32-11-14-49-15-12-32/h3-8,10,16,21-24,27,32,42,49,52H,9,11-15,17-20,25-26,28H2,1-2H3,(H,50,51)(H,53,57)/t42-,47?/m1/s1. The fourth-order valence-corrected chi connectivity index (χ4v) is 11.2. The van der Waals surface area contributed by atoms with E-state index in [1.807, 2.05) is 18.2 Å². The minimum atomic E-state index is -4.64. The van der Waals surface area contributed by atoms with Crippen molar-refractivity contribution < 1.29 is 27.6 Å². The second-order valence-corrected chi connectivity index (χ2v) is 20.7. The lowest BCUT2D eigenvalue weighted by molar-refractivity contribution is -0.384. The summed E-state index contributed by atoms with van der Waals surface area (Å²) in [5.74, 6) is -0.166. The molecule has 4 N–H and O–H groups in total. The average molecular weight is 907 g/mol. The predicted molar refractivity (Wildman–Crippen MR) is 246 cm³/mol. The second kappa shape index (κ2) is 16.4. The third-order valence-electron chi connectivity index (χ3n) is 13.8. The molecule has 2 aliphatic carbocycles. The quantitative estimate of drug-likeness (QED) is 0.0739. The van der Waals surface area contributed by atoms with Crippen molar-refractivity contribution in [2.45, 2.75) is 68.9 Å². The number of anilines is 2. The third kappa shape index (κ3) is 8.28. The van der Waals surface area contributed by atoms with E-state index in [0.717, 1.165) is 100 Å². The van der Waals surface area contributed by atoms with Crippen molar-refractivity contribution in [3.8, 4) is 17.2 Å². The number of rotatable bonds is 11. The number of pyridine rings is 1. The Morgan fingerprint density at radius 2 is 1.83 bits per heavy atom. The van der Waals surface area contributed by atoms with Crippen molar-refractivity contribution in [1.82, 2.24) is 24.9 Å². The molecule has 2 atom stereocenters. The molecule has 10 rings (SSSR count). The topological polar surface area (TPSA) is 184 Å². The number of nitro benzene ring substituents is 1. The van der Waals surface area contributed by atoms with Gasteiger partial charge in [0.25, 0.3) is 21.6 Å². The largest absolute Gasteiger partial charge is 0.485 e. The molecule has 0 bridgehead atoms. The van der Waals surface area contributed by atoms with Crippen molar-refractivity contribution in [3.63, 3.8) is 0 Å². The SMILES string of the molecule is CC1(C)CCC(CN2CCN(c3ccc(C(=O)NS(=O)(=O)c4cc5c(c([N+](=O)[O-])c4)NC4(C6CCNCC6)C[C@H]4O5)c(Oc4cnc5[nH]ccc5c4)c3)CC2)=C(c2ccc(Cl)cc2)C1. The molecule has 2 saturated heterocycles. The molecule has 2 aromatic heterocycles. The van der Waals surface area contributed by atoms with Crippen molar-refractivity contribution in [2.75, 3.05) is 56.0 Å². The number of hydrogen-bond donors (Lipinski definition) is 4. The molecule has 334 valence electrons. The Kier molecular flexibility index (Phi) is 10.8. The summed E-state index contributed by atoms with van der Waals surface area (Å²) in [4.78, 5) is 37.7. The summed E-state index contributed by atoms with van der Waals surface area (Å²) in [5.41, 5.74) is 5.03. The Hall–Kier alpha value is -5.68. The van der Waals surface area contributed by atoms with Crippen molar-refractivity contribution in [2.24, 2.45) is 11.3 Å². The number of piperazine rings is 1. The number of halogens is 1. The molecule has 3 fully saturated rings. The number of hydrogen-bond acceptors (Lipinski definition) is 12. The highest BCUT2D eigenvalue weighted by Crippen LogP contribution is 2.57. The van der Waals surface area contributed by atoms with E-state index < -0.39 is 37.0 Å². The number of aromatic nitrogens is 2. The van der Waals surface area contributed by atoms with Gasteiger partial charge in [0.2, 0.25) is 0 Å². The summed E-state index contributed by atoms with van der Waals surface area (Å²) in [5, 5.41) is 20.7. The molecule has 17 heteroatoms. The first-order valence-corrected chi connectivity index (χ1v) is 23.8. The van der Waals surface area contributed by atoms with Crippen LogP contribution in [0.3, 0.4) is 0 Å². The fourth-order valence-electron chi connectivity index (χ4n) is 10.1. The maximum absolute atomic E-state index is 14.1. The van der Waals surface area contributed by atoms with Gasteiger partial charge in [-0.25, -0.2) is 18.1 Å². The first kappa shape index (κ1) is 42.3. The number of piperidine rings is 1. The van der Waals surface area contributed by atoms with Gasteiger partial charge in [-0.2, -0.15) is 0 Å². The summed E-state index contributed by atoms with van der Waals surface area (Å²) in [7, 11) is -4.64. The summed E-state index contributed by atoms with van der Waals surface area (Å²) >= 11 is 6.25. The number of nitrogens with one attached hydrogen (secondary N) is 4. The van der Waals surface area contributed by atoms with Gasteiger partial charge >= 0.3 is 0 Å². The number of ether oxygens (including phenoxy) is 2. The molecule has 5 aromatic rings. The van der Waals surface area contributed by atoms with Crippen LogP contribution in [-0.4, -0.2) is 91.6 Å². The zero-order valence-corrected chi connectivity index (χ0v) is 37.4. The highest BCUT2D eigenvalue weighted by Gasteiger charge is 2.64. The highest BCUT2D eigenvalue weighted by molar-refractivity contribution is 7.90. The van der Waals surface area contributed by atoms with Crippen LogP contribution in [0.15, 0.2) is 89.6 Å². The molecule has 3 aliphatic heterocycles. The summed E-state index contributed by atoms with van der Waals surface area (Å²) in [6, 6.07) is 19.1. The number of aromatic amines is 1. The fraction of sp³-hybridized carbons (Fsp3) is 0.404. The van der Waals surface area contributed by atoms with Crippen molar-refractivity contribution in [1.29, 1.82) is 0 Å². The van der Waals surface area contributed by atoms with Gasteiger partial charge in [0.1, 0.15) is 23.3 Å². The molecule has 1 saturated carbocycles. The number of amides is 1. The number of sulfonamides is 1. The summed E-state index contributed by atoms with van der Waals surface area (Å²) in [6.45, 7) is 10.3. The predicted octanol–water partition coefficient (Wildman–Crippen LogP) is 8.14. The first-order valence-electron chi connectivity index (χ1n) is 22.0. The van der Waals surface area contributed by atoms with Gasteiger partial charge < -0.3 is 30.0 Å². The normalized spacial score (nSPS) is 22.2. The van der Waals surface area contributed by atoms with E-state index in [9.17, 15) is 23.3 Å². The maximum Gasteiger partial charge on any atom is 0.297 e. The van der Waals surface area contributed by atoms with E-state index in [1.165, 1.54) is 29.0 Å². The van der Waals surface area contributed by atoms with Crippen LogP contribution in [0.2, 0.25) is 5.02 Å².